The largest absolute Gasteiger partial charge is 0.497 e. The molecule has 4 rings (SSSR count). The lowest BCUT2D eigenvalue weighted by Gasteiger charge is -2.18. The number of fused-ring (bicyclic) bond motifs is 1. The predicted molar refractivity (Wildman–Crippen MR) is 118 cm³/mol. The van der Waals surface area contributed by atoms with E-state index in [1.54, 1.807) is 13.3 Å². The van der Waals surface area contributed by atoms with Crippen LogP contribution in [0.2, 0.25) is 0 Å². The van der Waals surface area contributed by atoms with Crippen LogP contribution in [-0.4, -0.2) is 45.5 Å². The van der Waals surface area contributed by atoms with Crippen molar-refractivity contribution in [1.82, 2.24) is 19.4 Å². The number of rotatable bonds is 7. The molecule has 0 spiro atoms. The van der Waals surface area contributed by atoms with E-state index < -0.39 is 0 Å². The van der Waals surface area contributed by atoms with E-state index in [1.165, 1.54) is 0 Å². The van der Waals surface area contributed by atoms with Crippen molar-refractivity contribution in [3.8, 4) is 5.75 Å². The first-order valence-corrected chi connectivity index (χ1v) is 10.8. The standard InChI is InChI=1S/C24H30N4O2/c1-17(2)15-28-22-14-25-11-9-21(22)26-24(28)19-10-12-27(16-19)23(29)8-7-18-5-4-6-20(13-18)30-3/h4-6,9,11,13-14,17,19H,7-8,10,12,15-16H2,1-3H3/t19-/m1/s1. The zero-order chi connectivity index (χ0) is 21.1. The maximum Gasteiger partial charge on any atom is 0.222 e. The molecular formula is C24H30N4O2. The van der Waals surface area contributed by atoms with E-state index in [0.717, 1.165) is 60.6 Å². The van der Waals surface area contributed by atoms with Crippen molar-refractivity contribution >= 4 is 16.9 Å². The summed E-state index contributed by atoms with van der Waals surface area (Å²) in [6, 6.07) is 9.92. The van der Waals surface area contributed by atoms with Crippen molar-refractivity contribution in [3.05, 3.63) is 54.1 Å². The first kappa shape index (κ1) is 20.4. The van der Waals surface area contributed by atoms with Gasteiger partial charge in [0.2, 0.25) is 5.91 Å². The Balaban J connectivity index is 1.44. The molecule has 1 aromatic carbocycles. The fraction of sp³-hybridized carbons (Fsp3) is 0.458. The summed E-state index contributed by atoms with van der Waals surface area (Å²) < 4.78 is 7.59. The van der Waals surface area contributed by atoms with E-state index in [-0.39, 0.29) is 11.8 Å². The number of carbonyl (C=O) groups excluding carboxylic acids is 1. The Hall–Kier alpha value is -2.89. The number of amides is 1. The Morgan fingerprint density at radius 1 is 1.30 bits per heavy atom. The van der Waals surface area contributed by atoms with Crippen molar-refractivity contribution in [2.45, 2.75) is 45.6 Å². The third kappa shape index (κ3) is 4.32. The molecule has 30 heavy (non-hydrogen) atoms. The average Bonchev–Trinajstić information content (AvgIpc) is 3.37. The molecule has 6 nitrogen and oxygen atoms in total. The predicted octanol–water partition coefficient (Wildman–Crippen LogP) is 4.04. The molecule has 2 aromatic heterocycles. The zero-order valence-electron chi connectivity index (χ0n) is 18.0. The van der Waals surface area contributed by atoms with Gasteiger partial charge in [0.05, 0.1) is 24.3 Å². The van der Waals surface area contributed by atoms with Crippen LogP contribution in [0.25, 0.3) is 11.0 Å². The number of hydrogen-bond donors (Lipinski definition) is 0. The number of imidazole rings is 1. The summed E-state index contributed by atoms with van der Waals surface area (Å²) in [4.78, 5) is 24.1. The average molecular weight is 407 g/mol. The van der Waals surface area contributed by atoms with E-state index in [2.05, 4.69) is 23.4 Å². The number of pyridine rings is 1. The lowest BCUT2D eigenvalue weighted by atomic mass is 10.1. The number of nitrogens with zero attached hydrogens (tertiary/aromatic N) is 4. The minimum Gasteiger partial charge on any atom is -0.497 e. The van der Waals surface area contributed by atoms with Crippen molar-refractivity contribution < 1.29 is 9.53 Å². The highest BCUT2D eigenvalue weighted by Crippen LogP contribution is 2.30. The Morgan fingerprint density at radius 2 is 2.17 bits per heavy atom. The fourth-order valence-electron chi connectivity index (χ4n) is 4.29. The Labute approximate surface area is 177 Å². The van der Waals surface area contributed by atoms with Crippen LogP contribution < -0.4 is 4.74 Å². The smallest absolute Gasteiger partial charge is 0.222 e. The molecule has 0 N–H and O–H groups in total. The van der Waals surface area contributed by atoms with Crippen LogP contribution in [0.5, 0.6) is 5.75 Å². The molecule has 0 aliphatic carbocycles. The van der Waals surface area contributed by atoms with Crippen molar-refractivity contribution in [2.75, 3.05) is 20.2 Å². The molecule has 1 aliphatic heterocycles. The molecule has 1 saturated heterocycles. The monoisotopic (exact) mass is 406 g/mol. The molecule has 0 unspecified atom stereocenters. The molecule has 3 heterocycles. The van der Waals surface area contributed by atoms with Gasteiger partial charge in [-0.25, -0.2) is 4.98 Å². The van der Waals surface area contributed by atoms with Gasteiger partial charge >= 0.3 is 0 Å². The summed E-state index contributed by atoms with van der Waals surface area (Å²) in [5, 5.41) is 0. The second kappa shape index (κ2) is 8.86. The Bertz CT molecular complexity index is 1030. The van der Waals surface area contributed by atoms with Gasteiger partial charge in [0.1, 0.15) is 11.6 Å². The van der Waals surface area contributed by atoms with Gasteiger partial charge in [0.15, 0.2) is 0 Å². The fourth-order valence-corrected chi connectivity index (χ4v) is 4.29. The molecule has 0 bridgehead atoms. The minimum atomic E-state index is 0.216. The summed E-state index contributed by atoms with van der Waals surface area (Å²) in [6.07, 6.45) is 5.91. The molecule has 1 amide bonds. The van der Waals surface area contributed by atoms with Crippen LogP contribution in [-0.2, 0) is 17.8 Å². The lowest BCUT2D eigenvalue weighted by molar-refractivity contribution is -0.130. The third-order valence-electron chi connectivity index (χ3n) is 5.80. The van der Waals surface area contributed by atoms with E-state index in [9.17, 15) is 4.79 Å². The van der Waals surface area contributed by atoms with Gasteiger partial charge in [-0.3, -0.25) is 9.78 Å². The second-order valence-electron chi connectivity index (χ2n) is 8.52. The molecule has 0 saturated carbocycles. The topological polar surface area (TPSA) is 60.2 Å². The molecule has 1 atom stereocenters. The summed E-state index contributed by atoms with van der Waals surface area (Å²) in [5.74, 6) is 2.93. The first-order valence-electron chi connectivity index (χ1n) is 10.8. The van der Waals surface area contributed by atoms with Crippen LogP contribution in [0.1, 0.15) is 44.0 Å². The quantitative estimate of drug-likeness (QED) is 0.594. The third-order valence-corrected chi connectivity index (χ3v) is 5.80. The van der Waals surface area contributed by atoms with Crippen molar-refractivity contribution in [1.29, 1.82) is 0 Å². The minimum absolute atomic E-state index is 0.216. The summed E-state index contributed by atoms with van der Waals surface area (Å²) in [5.41, 5.74) is 3.21. The summed E-state index contributed by atoms with van der Waals surface area (Å²) in [6.45, 7) is 6.89. The molecule has 3 aromatic rings. The number of likely N-dealkylation sites (tertiary alicyclic amines) is 1. The van der Waals surface area contributed by atoms with Crippen LogP contribution in [0.4, 0.5) is 0 Å². The van der Waals surface area contributed by atoms with Crippen molar-refractivity contribution in [3.63, 3.8) is 0 Å². The molecule has 158 valence electrons. The molecule has 1 fully saturated rings. The zero-order valence-corrected chi connectivity index (χ0v) is 18.0. The number of aryl methyl sites for hydroxylation is 1. The maximum atomic E-state index is 12.8. The van der Waals surface area contributed by atoms with E-state index >= 15 is 0 Å². The normalized spacial score (nSPS) is 16.5. The van der Waals surface area contributed by atoms with Crippen LogP contribution >= 0.6 is 0 Å². The number of carbonyl (C=O) groups is 1. The first-order chi connectivity index (χ1) is 14.5. The SMILES string of the molecule is COc1cccc(CCC(=O)N2CC[C@@H](c3nc4ccncc4n3CC(C)C)C2)c1. The highest BCUT2D eigenvalue weighted by atomic mass is 16.5. The van der Waals surface area contributed by atoms with Gasteiger partial charge in [-0.05, 0) is 42.5 Å². The number of benzene rings is 1. The Kier molecular flexibility index (Phi) is 6.02. The van der Waals surface area contributed by atoms with Gasteiger partial charge in [-0.1, -0.05) is 26.0 Å². The lowest BCUT2D eigenvalue weighted by Crippen LogP contribution is -2.29. The van der Waals surface area contributed by atoms with Gasteiger partial charge < -0.3 is 14.2 Å². The van der Waals surface area contributed by atoms with Crippen molar-refractivity contribution in [2.24, 2.45) is 5.92 Å². The van der Waals surface area contributed by atoms with Crippen LogP contribution in [0.3, 0.4) is 0 Å². The van der Waals surface area contributed by atoms with E-state index in [4.69, 9.17) is 9.72 Å². The van der Waals surface area contributed by atoms with Gasteiger partial charge in [0.25, 0.3) is 0 Å². The summed E-state index contributed by atoms with van der Waals surface area (Å²) >= 11 is 0. The highest BCUT2D eigenvalue weighted by molar-refractivity contribution is 5.77. The molecular weight excluding hydrogens is 376 g/mol. The van der Waals surface area contributed by atoms with Crippen LogP contribution in [0.15, 0.2) is 42.7 Å². The van der Waals surface area contributed by atoms with Crippen LogP contribution in [0, 0.1) is 5.92 Å². The van der Waals surface area contributed by atoms with Gasteiger partial charge in [-0.2, -0.15) is 0 Å². The summed E-state index contributed by atoms with van der Waals surface area (Å²) in [7, 11) is 1.66. The highest BCUT2D eigenvalue weighted by Gasteiger charge is 2.31. The van der Waals surface area contributed by atoms with E-state index in [1.807, 2.05) is 41.4 Å². The number of methoxy groups -OCH3 is 1. The van der Waals surface area contributed by atoms with Gasteiger partial charge in [-0.15, -0.1) is 0 Å². The molecule has 6 heteroatoms. The number of ether oxygens (including phenoxy) is 1. The number of hydrogen-bond acceptors (Lipinski definition) is 4. The Morgan fingerprint density at radius 3 is 2.97 bits per heavy atom. The van der Waals surface area contributed by atoms with Gasteiger partial charge in [0, 0.05) is 38.2 Å². The number of aromatic nitrogens is 3. The van der Waals surface area contributed by atoms with E-state index in [0.29, 0.717) is 12.3 Å². The second-order valence-corrected chi connectivity index (χ2v) is 8.52. The molecule has 1 aliphatic rings. The molecule has 0 radical (unpaired) electrons. The maximum absolute atomic E-state index is 12.8.